The maximum absolute atomic E-state index is 6.64. The average molecular weight is 507 g/mol. The summed E-state index contributed by atoms with van der Waals surface area (Å²) in [5.74, 6) is 0. The van der Waals surface area contributed by atoms with E-state index in [9.17, 15) is 0 Å². The van der Waals surface area contributed by atoms with Crippen molar-refractivity contribution in [3.8, 4) is 0 Å². The van der Waals surface area contributed by atoms with Gasteiger partial charge in [0.2, 0.25) is 0 Å². The first-order valence-electron chi connectivity index (χ1n) is 12.6. The van der Waals surface area contributed by atoms with E-state index in [-0.39, 0.29) is 29.9 Å². The van der Waals surface area contributed by atoms with Gasteiger partial charge in [0.15, 0.2) is 6.29 Å². The molecule has 0 aliphatic carbocycles. The largest absolute Gasteiger partial charge is 0.368 e. The van der Waals surface area contributed by atoms with Gasteiger partial charge in [-0.1, -0.05) is 105 Å². The van der Waals surface area contributed by atoms with E-state index in [1.54, 1.807) is 11.8 Å². The monoisotopic (exact) mass is 506 g/mol. The maximum Gasteiger partial charge on any atom is 0.184 e. The van der Waals surface area contributed by atoms with Crippen LogP contribution < -0.4 is 0 Å². The first-order valence-corrected chi connectivity index (χ1v) is 13.6. The maximum atomic E-state index is 6.64. The van der Waals surface area contributed by atoms with Crippen LogP contribution in [0.15, 0.2) is 91.0 Å². The Labute approximate surface area is 218 Å². The standard InChI is InChI=1S/C30H34O5S/c1-21(2)36-30-28(32-19-23-14-8-4-9-15-23)27(31-18-22-12-6-3-7-13-22)26-25(34-30)20-33-29(35-26)24-16-10-5-11-17-24/h3-17,21,25-30H,18-20H2,1-2H3. The van der Waals surface area contributed by atoms with Crippen molar-refractivity contribution in [2.45, 2.75) is 68.5 Å². The Bertz CT molecular complexity index is 1050. The highest BCUT2D eigenvalue weighted by Crippen LogP contribution is 2.40. The van der Waals surface area contributed by atoms with Crippen LogP contribution in [0.3, 0.4) is 0 Å². The van der Waals surface area contributed by atoms with Crippen molar-refractivity contribution in [3.05, 3.63) is 108 Å². The molecule has 3 aromatic carbocycles. The lowest BCUT2D eigenvalue weighted by Gasteiger charge is -2.49. The molecule has 0 N–H and O–H groups in total. The van der Waals surface area contributed by atoms with Gasteiger partial charge in [-0.3, -0.25) is 0 Å². The molecule has 0 bridgehead atoms. The van der Waals surface area contributed by atoms with Gasteiger partial charge in [-0.2, -0.15) is 0 Å². The van der Waals surface area contributed by atoms with Crippen LogP contribution in [-0.2, 0) is 36.9 Å². The van der Waals surface area contributed by atoms with Crippen molar-refractivity contribution in [1.82, 2.24) is 0 Å². The molecule has 2 heterocycles. The van der Waals surface area contributed by atoms with E-state index >= 15 is 0 Å². The highest BCUT2D eigenvalue weighted by Gasteiger charge is 2.51. The van der Waals surface area contributed by atoms with Crippen LogP contribution in [0.4, 0.5) is 0 Å². The molecule has 2 saturated heterocycles. The summed E-state index contributed by atoms with van der Waals surface area (Å²) in [6.45, 7) is 5.74. The topological polar surface area (TPSA) is 46.2 Å². The molecule has 0 amide bonds. The SMILES string of the molecule is CC(C)SC1OC2COC(c3ccccc3)OC2C(OCc2ccccc2)C1OCc1ccccc1. The van der Waals surface area contributed by atoms with Crippen molar-refractivity contribution in [2.75, 3.05) is 6.61 Å². The molecule has 2 aliphatic rings. The summed E-state index contributed by atoms with van der Waals surface area (Å²) in [6.07, 6.45) is -1.66. The second-order valence-corrected chi connectivity index (χ2v) is 11.1. The molecule has 2 fully saturated rings. The smallest absolute Gasteiger partial charge is 0.184 e. The minimum Gasteiger partial charge on any atom is -0.368 e. The normalized spacial score (nSPS) is 28.1. The Morgan fingerprint density at radius 3 is 1.89 bits per heavy atom. The van der Waals surface area contributed by atoms with Gasteiger partial charge in [-0.05, 0) is 11.1 Å². The second kappa shape index (κ2) is 12.4. The molecule has 0 aromatic heterocycles. The lowest BCUT2D eigenvalue weighted by molar-refractivity contribution is -0.329. The van der Waals surface area contributed by atoms with Crippen LogP contribution in [0.25, 0.3) is 0 Å². The molecule has 0 spiro atoms. The highest BCUT2D eigenvalue weighted by atomic mass is 32.2. The number of ether oxygens (including phenoxy) is 5. The van der Waals surface area contributed by atoms with Gasteiger partial charge in [0.1, 0.15) is 29.9 Å². The third-order valence-electron chi connectivity index (χ3n) is 6.33. The number of rotatable bonds is 9. The summed E-state index contributed by atoms with van der Waals surface area (Å²) in [7, 11) is 0. The predicted molar refractivity (Wildman–Crippen MR) is 141 cm³/mol. The van der Waals surface area contributed by atoms with Crippen molar-refractivity contribution in [2.24, 2.45) is 0 Å². The third kappa shape index (κ3) is 6.38. The van der Waals surface area contributed by atoms with Crippen molar-refractivity contribution in [3.63, 3.8) is 0 Å². The molecule has 0 radical (unpaired) electrons. The van der Waals surface area contributed by atoms with Gasteiger partial charge in [0, 0.05) is 10.8 Å². The summed E-state index contributed by atoms with van der Waals surface area (Å²) in [4.78, 5) is 0. The lowest BCUT2D eigenvalue weighted by atomic mass is 9.98. The fourth-order valence-electron chi connectivity index (χ4n) is 4.60. The number of fused-ring (bicyclic) bond motifs is 1. The molecular weight excluding hydrogens is 472 g/mol. The molecule has 2 aliphatic heterocycles. The molecule has 3 aromatic rings. The highest BCUT2D eigenvalue weighted by molar-refractivity contribution is 8.00. The van der Waals surface area contributed by atoms with Gasteiger partial charge < -0.3 is 23.7 Å². The molecule has 6 atom stereocenters. The van der Waals surface area contributed by atoms with E-state index in [0.29, 0.717) is 25.1 Å². The van der Waals surface area contributed by atoms with Crippen LogP contribution in [0.5, 0.6) is 0 Å². The first kappa shape index (κ1) is 25.5. The second-order valence-electron chi connectivity index (χ2n) is 9.43. The predicted octanol–water partition coefficient (Wildman–Crippen LogP) is 6.14. The molecule has 190 valence electrons. The minimum atomic E-state index is -0.469. The summed E-state index contributed by atoms with van der Waals surface area (Å²) in [5.41, 5.74) is 3.02. The number of thioether (sulfide) groups is 1. The van der Waals surface area contributed by atoms with E-state index in [1.165, 1.54) is 0 Å². The Morgan fingerprint density at radius 1 is 0.750 bits per heavy atom. The fourth-order valence-corrected chi connectivity index (χ4v) is 5.73. The molecule has 0 saturated carbocycles. The summed E-state index contributed by atoms with van der Waals surface area (Å²) in [5, 5.41) is 0.367. The van der Waals surface area contributed by atoms with Crippen LogP contribution in [0.1, 0.15) is 36.8 Å². The van der Waals surface area contributed by atoms with Crippen LogP contribution in [0, 0.1) is 0 Å². The van der Waals surface area contributed by atoms with Crippen molar-refractivity contribution < 1.29 is 23.7 Å². The zero-order valence-electron chi connectivity index (χ0n) is 20.8. The Balaban J connectivity index is 1.41. The third-order valence-corrected chi connectivity index (χ3v) is 7.52. The molecule has 6 heteroatoms. The first-order chi connectivity index (χ1) is 17.7. The van der Waals surface area contributed by atoms with E-state index < -0.39 is 6.29 Å². The van der Waals surface area contributed by atoms with E-state index in [1.807, 2.05) is 66.7 Å². The zero-order chi connectivity index (χ0) is 24.7. The molecular formula is C30H34O5S. The average Bonchev–Trinajstić information content (AvgIpc) is 2.92. The number of hydrogen-bond donors (Lipinski definition) is 0. The molecule has 5 rings (SSSR count). The molecule has 36 heavy (non-hydrogen) atoms. The van der Waals surface area contributed by atoms with Gasteiger partial charge in [0.05, 0.1) is 19.8 Å². The molecule has 6 unspecified atom stereocenters. The Morgan fingerprint density at radius 2 is 1.31 bits per heavy atom. The van der Waals surface area contributed by atoms with Crippen molar-refractivity contribution >= 4 is 11.8 Å². The summed E-state index contributed by atoms with van der Waals surface area (Å²) >= 11 is 1.76. The molecule has 5 nitrogen and oxygen atoms in total. The van der Waals surface area contributed by atoms with Crippen LogP contribution in [-0.4, -0.2) is 41.7 Å². The summed E-state index contributed by atoms with van der Waals surface area (Å²) < 4.78 is 32.5. The Kier molecular flexibility index (Phi) is 8.75. The van der Waals surface area contributed by atoms with E-state index in [4.69, 9.17) is 23.7 Å². The van der Waals surface area contributed by atoms with Gasteiger partial charge in [0.25, 0.3) is 0 Å². The van der Waals surface area contributed by atoms with E-state index in [0.717, 1.165) is 16.7 Å². The fraction of sp³-hybridized carbons (Fsp3) is 0.400. The number of hydrogen-bond acceptors (Lipinski definition) is 6. The van der Waals surface area contributed by atoms with Gasteiger partial charge in [-0.25, -0.2) is 0 Å². The minimum absolute atomic E-state index is 0.198. The van der Waals surface area contributed by atoms with E-state index in [2.05, 4.69) is 38.1 Å². The summed E-state index contributed by atoms with van der Waals surface area (Å²) in [6, 6.07) is 30.5. The van der Waals surface area contributed by atoms with Crippen LogP contribution in [0.2, 0.25) is 0 Å². The Hall–Kier alpha value is -2.19. The van der Waals surface area contributed by atoms with Crippen LogP contribution >= 0.6 is 11.8 Å². The number of benzene rings is 3. The lowest BCUT2D eigenvalue weighted by Crippen LogP contribution is -2.62. The van der Waals surface area contributed by atoms with Gasteiger partial charge >= 0.3 is 0 Å². The zero-order valence-corrected chi connectivity index (χ0v) is 21.6. The quantitative estimate of drug-likeness (QED) is 0.348. The van der Waals surface area contributed by atoms with Crippen molar-refractivity contribution in [1.29, 1.82) is 0 Å². The van der Waals surface area contributed by atoms with Gasteiger partial charge in [-0.15, -0.1) is 11.8 Å².